The molecule has 1 N–H and O–H groups in total. The summed E-state index contributed by atoms with van der Waals surface area (Å²) in [6, 6.07) is 10.5. The quantitative estimate of drug-likeness (QED) is 0.914. The van der Waals surface area contributed by atoms with Gasteiger partial charge in [0, 0.05) is 5.69 Å². The van der Waals surface area contributed by atoms with Gasteiger partial charge in [-0.25, -0.2) is 9.48 Å². The van der Waals surface area contributed by atoms with E-state index in [4.69, 9.17) is 10.4 Å². The predicted molar refractivity (Wildman–Crippen MR) is 69.3 cm³/mol. The number of carbonyl (C=O) groups is 1. The molecule has 0 radical (unpaired) electrons. The minimum atomic E-state index is -1.06. The third kappa shape index (κ3) is 2.47. The van der Waals surface area contributed by atoms with Gasteiger partial charge in [-0.3, -0.25) is 0 Å². The Morgan fingerprint density at radius 2 is 2.16 bits per heavy atom. The number of carboxylic acids is 1. The van der Waals surface area contributed by atoms with E-state index in [9.17, 15) is 4.79 Å². The van der Waals surface area contributed by atoms with Crippen molar-refractivity contribution >= 4 is 5.97 Å². The molecule has 5 nitrogen and oxygen atoms in total. The monoisotopic (exact) mass is 255 g/mol. The van der Waals surface area contributed by atoms with Crippen LogP contribution in [0.1, 0.15) is 41.5 Å². The van der Waals surface area contributed by atoms with Crippen LogP contribution in [0.5, 0.6) is 0 Å². The van der Waals surface area contributed by atoms with E-state index in [1.165, 1.54) is 0 Å². The van der Waals surface area contributed by atoms with Crippen molar-refractivity contribution < 1.29 is 9.90 Å². The highest BCUT2D eigenvalue weighted by atomic mass is 16.4. The molecule has 0 aliphatic rings. The number of hydrogen-bond acceptors (Lipinski definition) is 3. The van der Waals surface area contributed by atoms with Gasteiger partial charge in [0.25, 0.3) is 0 Å². The lowest BCUT2D eigenvalue weighted by molar-refractivity contribution is 0.0690. The highest BCUT2D eigenvalue weighted by Gasteiger charge is 2.16. The number of nitrogens with zero attached hydrogens (tertiary/aromatic N) is 3. The summed E-state index contributed by atoms with van der Waals surface area (Å²) >= 11 is 0. The Morgan fingerprint density at radius 3 is 2.74 bits per heavy atom. The SMILES string of the molecule is CC(C)c1cc(C(=O)O)nn1-c1cccc(C#N)c1. The lowest BCUT2D eigenvalue weighted by atomic mass is 10.1. The maximum absolute atomic E-state index is 11.0. The van der Waals surface area contributed by atoms with Crippen LogP contribution in [0.15, 0.2) is 30.3 Å². The summed E-state index contributed by atoms with van der Waals surface area (Å²) in [5.74, 6) is -0.927. The van der Waals surface area contributed by atoms with E-state index in [0.717, 1.165) is 5.69 Å². The molecule has 0 atom stereocenters. The summed E-state index contributed by atoms with van der Waals surface area (Å²) in [5, 5.41) is 22.0. The third-order valence-electron chi connectivity index (χ3n) is 2.77. The number of aromatic nitrogens is 2. The number of hydrogen-bond donors (Lipinski definition) is 1. The van der Waals surface area contributed by atoms with Crippen LogP contribution in [0.4, 0.5) is 0 Å². The molecule has 19 heavy (non-hydrogen) atoms. The fourth-order valence-electron chi connectivity index (χ4n) is 1.83. The summed E-state index contributed by atoms with van der Waals surface area (Å²) in [4.78, 5) is 11.0. The molecule has 96 valence electrons. The van der Waals surface area contributed by atoms with Crippen molar-refractivity contribution in [1.29, 1.82) is 5.26 Å². The number of benzene rings is 1. The standard InChI is InChI=1S/C14H13N3O2/c1-9(2)13-7-12(14(18)19)16-17(13)11-5-3-4-10(6-11)8-15/h3-7,9H,1-2H3,(H,18,19). The van der Waals surface area contributed by atoms with E-state index in [-0.39, 0.29) is 11.6 Å². The Hall–Kier alpha value is -2.61. The van der Waals surface area contributed by atoms with Crippen molar-refractivity contribution in [3.05, 3.63) is 47.3 Å². The maximum atomic E-state index is 11.0. The number of carboxylic acid groups (broad SMARTS) is 1. The van der Waals surface area contributed by atoms with Crippen molar-refractivity contribution in [3.63, 3.8) is 0 Å². The summed E-state index contributed by atoms with van der Waals surface area (Å²) in [6.45, 7) is 3.93. The van der Waals surface area contributed by atoms with Gasteiger partial charge in [0.05, 0.1) is 17.3 Å². The molecule has 1 aromatic heterocycles. The second-order valence-corrected chi connectivity index (χ2v) is 4.49. The van der Waals surface area contributed by atoms with Crippen LogP contribution in [0.25, 0.3) is 5.69 Å². The van der Waals surface area contributed by atoms with Crippen LogP contribution in [0.2, 0.25) is 0 Å². The molecule has 2 aromatic rings. The molecule has 0 saturated heterocycles. The van der Waals surface area contributed by atoms with Gasteiger partial charge >= 0.3 is 5.97 Å². The minimum absolute atomic E-state index is 0.00561. The first-order chi connectivity index (χ1) is 9.02. The average molecular weight is 255 g/mol. The Morgan fingerprint density at radius 1 is 1.42 bits per heavy atom. The molecule has 0 bridgehead atoms. The van der Waals surface area contributed by atoms with Crippen molar-refractivity contribution in [3.8, 4) is 11.8 Å². The molecular formula is C14H13N3O2. The molecule has 0 spiro atoms. The third-order valence-corrected chi connectivity index (χ3v) is 2.77. The van der Waals surface area contributed by atoms with E-state index in [2.05, 4.69) is 11.2 Å². The van der Waals surface area contributed by atoms with E-state index < -0.39 is 5.97 Å². The Bertz CT molecular complexity index is 666. The first-order valence-corrected chi connectivity index (χ1v) is 5.86. The molecule has 0 saturated carbocycles. The van der Waals surface area contributed by atoms with Crippen LogP contribution < -0.4 is 0 Å². The summed E-state index contributed by atoms with van der Waals surface area (Å²) < 4.78 is 1.58. The second kappa shape index (κ2) is 4.94. The lowest BCUT2D eigenvalue weighted by Gasteiger charge is -2.09. The zero-order valence-electron chi connectivity index (χ0n) is 10.7. The number of aromatic carboxylic acids is 1. The van der Waals surface area contributed by atoms with Crippen LogP contribution in [0, 0.1) is 11.3 Å². The topological polar surface area (TPSA) is 78.9 Å². The fraction of sp³-hybridized carbons (Fsp3) is 0.214. The van der Waals surface area contributed by atoms with Gasteiger partial charge in [-0.15, -0.1) is 0 Å². The average Bonchev–Trinajstić information content (AvgIpc) is 2.84. The van der Waals surface area contributed by atoms with Gasteiger partial charge in [-0.2, -0.15) is 10.4 Å². The molecule has 0 amide bonds. The first kappa shape index (κ1) is 12.8. The highest BCUT2D eigenvalue weighted by Crippen LogP contribution is 2.21. The molecule has 0 fully saturated rings. The van der Waals surface area contributed by atoms with Gasteiger partial charge in [-0.05, 0) is 30.2 Å². The van der Waals surface area contributed by atoms with Gasteiger partial charge in [-0.1, -0.05) is 19.9 Å². The van der Waals surface area contributed by atoms with E-state index in [1.807, 2.05) is 13.8 Å². The van der Waals surface area contributed by atoms with Gasteiger partial charge in [0.1, 0.15) is 0 Å². The van der Waals surface area contributed by atoms with E-state index in [1.54, 1.807) is 35.0 Å². The van der Waals surface area contributed by atoms with Crippen LogP contribution in [0.3, 0.4) is 0 Å². The number of nitriles is 1. The smallest absolute Gasteiger partial charge is 0.356 e. The predicted octanol–water partition coefficient (Wildman–Crippen LogP) is 2.57. The molecular weight excluding hydrogens is 242 g/mol. The summed E-state index contributed by atoms with van der Waals surface area (Å²) in [6.07, 6.45) is 0. The number of rotatable bonds is 3. The van der Waals surface area contributed by atoms with Crippen LogP contribution >= 0.6 is 0 Å². The maximum Gasteiger partial charge on any atom is 0.356 e. The Labute approximate surface area is 110 Å². The van der Waals surface area contributed by atoms with Crippen LogP contribution in [-0.4, -0.2) is 20.9 Å². The minimum Gasteiger partial charge on any atom is -0.476 e. The summed E-state index contributed by atoms with van der Waals surface area (Å²) in [7, 11) is 0. The molecule has 2 rings (SSSR count). The second-order valence-electron chi connectivity index (χ2n) is 4.49. The van der Waals surface area contributed by atoms with E-state index >= 15 is 0 Å². The van der Waals surface area contributed by atoms with E-state index in [0.29, 0.717) is 11.3 Å². The van der Waals surface area contributed by atoms with Crippen molar-refractivity contribution in [1.82, 2.24) is 9.78 Å². The lowest BCUT2D eigenvalue weighted by Crippen LogP contribution is -2.05. The Kier molecular flexibility index (Phi) is 3.34. The molecule has 0 unspecified atom stereocenters. The molecule has 0 aliphatic heterocycles. The van der Waals surface area contributed by atoms with Crippen molar-refractivity contribution in [2.45, 2.75) is 19.8 Å². The van der Waals surface area contributed by atoms with Crippen molar-refractivity contribution in [2.24, 2.45) is 0 Å². The zero-order chi connectivity index (χ0) is 14.0. The molecule has 5 heteroatoms. The van der Waals surface area contributed by atoms with Gasteiger partial charge in [0.15, 0.2) is 5.69 Å². The molecule has 0 aliphatic carbocycles. The van der Waals surface area contributed by atoms with Crippen molar-refractivity contribution in [2.75, 3.05) is 0 Å². The van der Waals surface area contributed by atoms with Gasteiger partial charge < -0.3 is 5.11 Å². The first-order valence-electron chi connectivity index (χ1n) is 5.86. The van der Waals surface area contributed by atoms with Crippen LogP contribution in [-0.2, 0) is 0 Å². The Balaban J connectivity index is 2.60. The summed E-state index contributed by atoms with van der Waals surface area (Å²) in [5.41, 5.74) is 2.01. The molecule has 1 aromatic carbocycles. The normalized spacial score (nSPS) is 10.4. The van der Waals surface area contributed by atoms with Gasteiger partial charge in [0.2, 0.25) is 0 Å². The molecule has 1 heterocycles. The highest BCUT2D eigenvalue weighted by molar-refractivity contribution is 5.85. The zero-order valence-corrected chi connectivity index (χ0v) is 10.7. The largest absolute Gasteiger partial charge is 0.476 e. The fourth-order valence-corrected chi connectivity index (χ4v) is 1.83.